The molecular weight excluding hydrogens is 258 g/mol. The maximum absolute atomic E-state index is 5.91. The quantitative estimate of drug-likeness (QED) is 0.824. The fourth-order valence-corrected chi connectivity index (χ4v) is 2.19. The summed E-state index contributed by atoms with van der Waals surface area (Å²) in [6, 6.07) is 16.1. The molecule has 3 nitrogen and oxygen atoms in total. The molecule has 0 aliphatic carbocycles. The van der Waals surface area contributed by atoms with Gasteiger partial charge in [-0.25, -0.2) is 4.98 Å². The van der Waals surface area contributed by atoms with Gasteiger partial charge in [0.25, 0.3) is 0 Å². The molecule has 0 unspecified atom stereocenters. The third-order valence-electron chi connectivity index (χ3n) is 2.85. The Morgan fingerprint density at radius 2 is 1.79 bits per heavy atom. The number of hydrogen-bond donors (Lipinski definition) is 1. The molecule has 0 saturated carbocycles. The highest BCUT2D eigenvalue weighted by molar-refractivity contribution is 6.29. The number of rotatable bonds is 6. The van der Waals surface area contributed by atoms with Gasteiger partial charge in [-0.05, 0) is 17.7 Å². The summed E-state index contributed by atoms with van der Waals surface area (Å²) in [5.74, 6) is 0. The third-order valence-corrected chi connectivity index (χ3v) is 3.06. The fourth-order valence-electron chi connectivity index (χ4n) is 2.01. The number of halogens is 1. The predicted octanol–water partition coefficient (Wildman–Crippen LogP) is 2.70. The molecule has 100 valence electrons. The lowest BCUT2D eigenvalue weighted by atomic mass is 10.2. The van der Waals surface area contributed by atoms with Gasteiger partial charge in [0.05, 0.1) is 5.69 Å². The summed E-state index contributed by atoms with van der Waals surface area (Å²) in [5, 5.41) is 0.532. The van der Waals surface area contributed by atoms with Crippen molar-refractivity contribution in [2.24, 2.45) is 5.73 Å². The zero-order chi connectivity index (χ0) is 13.5. The van der Waals surface area contributed by atoms with Gasteiger partial charge >= 0.3 is 0 Å². The number of pyridine rings is 1. The first-order valence-corrected chi connectivity index (χ1v) is 6.73. The lowest BCUT2D eigenvalue weighted by Crippen LogP contribution is -2.29. The Morgan fingerprint density at radius 3 is 2.47 bits per heavy atom. The van der Waals surface area contributed by atoms with Crippen molar-refractivity contribution in [2.75, 3.05) is 13.1 Å². The average Bonchev–Trinajstić information content (AvgIpc) is 2.40. The summed E-state index contributed by atoms with van der Waals surface area (Å²) in [6.45, 7) is 3.09. The molecule has 0 bridgehead atoms. The van der Waals surface area contributed by atoms with E-state index >= 15 is 0 Å². The van der Waals surface area contributed by atoms with E-state index in [1.807, 2.05) is 30.3 Å². The second kappa shape index (κ2) is 7.24. The van der Waals surface area contributed by atoms with Crippen LogP contribution < -0.4 is 5.73 Å². The van der Waals surface area contributed by atoms with Gasteiger partial charge < -0.3 is 5.73 Å². The van der Waals surface area contributed by atoms with Gasteiger partial charge in [0, 0.05) is 26.2 Å². The summed E-state index contributed by atoms with van der Waals surface area (Å²) in [6.07, 6.45) is 0. The number of aromatic nitrogens is 1. The van der Waals surface area contributed by atoms with Crippen molar-refractivity contribution in [1.29, 1.82) is 0 Å². The van der Waals surface area contributed by atoms with E-state index < -0.39 is 0 Å². The van der Waals surface area contributed by atoms with Crippen molar-refractivity contribution in [1.82, 2.24) is 9.88 Å². The zero-order valence-corrected chi connectivity index (χ0v) is 11.6. The van der Waals surface area contributed by atoms with Crippen LogP contribution in [-0.2, 0) is 13.1 Å². The Labute approximate surface area is 119 Å². The molecule has 1 aromatic heterocycles. The van der Waals surface area contributed by atoms with Crippen LogP contribution in [0.3, 0.4) is 0 Å². The van der Waals surface area contributed by atoms with E-state index in [4.69, 9.17) is 17.3 Å². The summed E-state index contributed by atoms with van der Waals surface area (Å²) in [5.41, 5.74) is 7.92. The Morgan fingerprint density at radius 1 is 1.00 bits per heavy atom. The van der Waals surface area contributed by atoms with Gasteiger partial charge in [-0.15, -0.1) is 0 Å². The summed E-state index contributed by atoms with van der Waals surface area (Å²) >= 11 is 5.91. The molecule has 0 aliphatic rings. The number of hydrogen-bond acceptors (Lipinski definition) is 3. The molecule has 0 spiro atoms. The Hall–Kier alpha value is -1.42. The topological polar surface area (TPSA) is 42.1 Å². The molecule has 1 heterocycles. The molecule has 0 saturated heterocycles. The first-order chi connectivity index (χ1) is 9.28. The van der Waals surface area contributed by atoms with Crippen LogP contribution in [0.4, 0.5) is 0 Å². The van der Waals surface area contributed by atoms with Gasteiger partial charge in [0.2, 0.25) is 0 Å². The van der Waals surface area contributed by atoms with Crippen molar-refractivity contribution in [3.63, 3.8) is 0 Å². The van der Waals surface area contributed by atoms with Crippen molar-refractivity contribution in [2.45, 2.75) is 13.1 Å². The number of nitrogens with two attached hydrogens (primary N) is 1. The van der Waals surface area contributed by atoms with Crippen molar-refractivity contribution in [3.8, 4) is 0 Å². The summed E-state index contributed by atoms with van der Waals surface area (Å²) < 4.78 is 0. The minimum Gasteiger partial charge on any atom is -0.329 e. The molecule has 0 aliphatic heterocycles. The molecular formula is C15H18ClN3. The molecule has 2 N–H and O–H groups in total. The Balaban J connectivity index is 2.04. The standard InChI is InChI=1S/C15H18ClN3/c16-15-8-4-7-14(18-15)12-19(10-9-17)11-13-5-2-1-3-6-13/h1-8H,9-12,17H2. The minimum atomic E-state index is 0.532. The van der Waals surface area contributed by atoms with Crippen LogP contribution in [0.15, 0.2) is 48.5 Å². The van der Waals surface area contributed by atoms with Gasteiger partial charge in [-0.2, -0.15) is 0 Å². The lowest BCUT2D eigenvalue weighted by molar-refractivity contribution is 0.261. The molecule has 0 amide bonds. The van der Waals surface area contributed by atoms with E-state index in [0.717, 1.165) is 25.3 Å². The zero-order valence-electron chi connectivity index (χ0n) is 10.8. The van der Waals surface area contributed by atoms with Gasteiger partial charge in [-0.3, -0.25) is 4.90 Å². The summed E-state index contributed by atoms with van der Waals surface area (Å²) in [4.78, 5) is 6.59. The van der Waals surface area contributed by atoms with Crippen molar-refractivity contribution < 1.29 is 0 Å². The van der Waals surface area contributed by atoms with E-state index in [-0.39, 0.29) is 0 Å². The third kappa shape index (κ3) is 4.63. The van der Waals surface area contributed by atoms with Crippen molar-refractivity contribution >= 4 is 11.6 Å². The highest BCUT2D eigenvalue weighted by Gasteiger charge is 2.07. The highest BCUT2D eigenvalue weighted by atomic mass is 35.5. The number of benzene rings is 1. The van der Waals surface area contributed by atoms with E-state index in [2.05, 4.69) is 22.0 Å². The van der Waals surface area contributed by atoms with Gasteiger partial charge in [0.15, 0.2) is 0 Å². The van der Waals surface area contributed by atoms with E-state index in [0.29, 0.717) is 11.7 Å². The first-order valence-electron chi connectivity index (χ1n) is 6.35. The van der Waals surface area contributed by atoms with E-state index in [1.165, 1.54) is 5.56 Å². The normalized spacial score (nSPS) is 10.9. The van der Waals surface area contributed by atoms with Crippen LogP contribution in [0.25, 0.3) is 0 Å². The molecule has 4 heteroatoms. The van der Waals surface area contributed by atoms with Crippen LogP contribution >= 0.6 is 11.6 Å². The molecule has 0 fully saturated rings. The van der Waals surface area contributed by atoms with Gasteiger partial charge in [-0.1, -0.05) is 48.0 Å². The van der Waals surface area contributed by atoms with Crippen molar-refractivity contribution in [3.05, 3.63) is 64.9 Å². The SMILES string of the molecule is NCCN(Cc1ccccc1)Cc1cccc(Cl)n1. The molecule has 1 aromatic carbocycles. The van der Waals surface area contributed by atoms with Crippen LogP contribution in [0.5, 0.6) is 0 Å². The highest BCUT2D eigenvalue weighted by Crippen LogP contribution is 2.10. The predicted molar refractivity (Wildman–Crippen MR) is 78.9 cm³/mol. The van der Waals surface area contributed by atoms with E-state index in [1.54, 1.807) is 6.07 Å². The second-order valence-corrected chi connectivity index (χ2v) is 4.82. The summed E-state index contributed by atoms with van der Waals surface area (Å²) in [7, 11) is 0. The molecule has 2 aromatic rings. The van der Waals surface area contributed by atoms with Crippen LogP contribution in [0.1, 0.15) is 11.3 Å². The number of nitrogens with zero attached hydrogens (tertiary/aromatic N) is 2. The van der Waals surface area contributed by atoms with E-state index in [9.17, 15) is 0 Å². The molecule has 0 atom stereocenters. The Kier molecular flexibility index (Phi) is 5.33. The largest absolute Gasteiger partial charge is 0.329 e. The molecule has 0 radical (unpaired) electrons. The van der Waals surface area contributed by atoms with Crippen LogP contribution in [0.2, 0.25) is 5.15 Å². The maximum atomic E-state index is 5.91. The maximum Gasteiger partial charge on any atom is 0.129 e. The second-order valence-electron chi connectivity index (χ2n) is 4.44. The monoisotopic (exact) mass is 275 g/mol. The van der Waals surface area contributed by atoms with Gasteiger partial charge in [0.1, 0.15) is 5.15 Å². The Bertz CT molecular complexity index is 502. The van der Waals surface area contributed by atoms with Crippen LogP contribution in [0, 0.1) is 0 Å². The minimum absolute atomic E-state index is 0.532. The molecule has 19 heavy (non-hydrogen) atoms. The fraction of sp³-hybridized carbons (Fsp3) is 0.267. The van der Waals surface area contributed by atoms with Crippen LogP contribution in [-0.4, -0.2) is 23.0 Å². The first kappa shape index (κ1) is 14.0. The molecule has 2 rings (SSSR count). The lowest BCUT2D eigenvalue weighted by Gasteiger charge is -2.21. The smallest absolute Gasteiger partial charge is 0.129 e. The average molecular weight is 276 g/mol.